The second kappa shape index (κ2) is 8.09. The summed E-state index contributed by atoms with van der Waals surface area (Å²) >= 11 is 6.42. The van der Waals surface area contributed by atoms with Crippen molar-refractivity contribution in [3.05, 3.63) is 100 Å². The first-order valence-corrected chi connectivity index (χ1v) is 11.1. The average Bonchev–Trinajstić information content (AvgIpc) is 3.26. The number of halogens is 1. The first-order valence-electron chi connectivity index (χ1n) is 10.7. The van der Waals surface area contributed by atoms with Crippen molar-refractivity contribution in [1.29, 1.82) is 0 Å². The van der Waals surface area contributed by atoms with Gasteiger partial charge in [0.05, 0.1) is 5.57 Å². The zero-order valence-electron chi connectivity index (χ0n) is 18.6. The van der Waals surface area contributed by atoms with E-state index in [4.69, 9.17) is 21.1 Å². The quantitative estimate of drug-likeness (QED) is 0.361. The molecule has 0 aliphatic carbocycles. The standard InChI is InChI=1S/C27H23ClN2O3/c1-17-7-9-19(10-8-17)24-23(25(31)27(2,3)33-24)18-11-13-20(14-12-18)32-16-21-26(28)30-15-5-4-6-22(30)29-21/h4-15H,16H2,1-3H3. The number of Topliss-reactive ketones (excluding diaryl/α,β-unsaturated/α-hetero) is 1. The Labute approximate surface area is 197 Å². The van der Waals surface area contributed by atoms with E-state index in [9.17, 15) is 4.79 Å². The van der Waals surface area contributed by atoms with Crippen LogP contribution < -0.4 is 4.74 Å². The van der Waals surface area contributed by atoms with Crippen molar-refractivity contribution in [2.45, 2.75) is 33.0 Å². The minimum absolute atomic E-state index is 0.0387. The van der Waals surface area contributed by atoms with E-state index in [1.165, 1.54) is 0 Å². The number of imidazole rings is 1. The van der Waals surface area contributed by atoms with Gasteiger partial charge in [-0.05, 0) is 50.6 Å². The van der Waals surface area contributed by atoms with E-state index >= 15 is 0 Å². The van der Waals surface area contributed by atoms with Crippen molar-refractivity contribution in [2.24, 2.45) is 0 Å². The number of benzene rings is 2. The molecule has 0 unspecified atom stereocenters. The molecule has 3 heterocycles. The third-order valence-corrected chi connectivity index (χ3v) is 6.13. The molecule has 33 heavy (non-hydrogen) atoms. The molecule has 0 spiro atoms. The molecule has 1 aliphatic heterocycles. The maximum atomic E-state index is 13.2. The van der Waals surface area contributed by atoms with E-state index < -0.39 is 5.60 Å². The van der Waals surface area contributed by atoms with Gasteiger partial charge in [0.25, 0.3) is 0 Å². The maximum absolute atomic E-state index is 13.2. The summed E-state index contributed by atoms with van der Waals surface area (Å²) in [6.45, 7) is 5.87. The van der Waals surface area contributed by atoms with E-state index in [2.05, 4.69) is 4.98 Å². The van der Waals surface area contributed by atoms with Crippen molar-refractivity contribution in [1.82, 2.24) is 9.38 Å². The lowest BCUT2D eigenvalue weighted by Gasteiger charge is -2.17. The summed E-state index contributed by atoms with van der Waals surface area (Å²) in [4.78, 5) is 17.7. The molecule has 0 bridgehead atoms. The molecular formula is C27H23ClN2O3. The third kappa shape index (κ3) is 3.89. The fourth-order valence-corrected chi connectivity index (χ4v) is 4.14. The van der Waals surface area contributed by atoms with Crippen molar-refractivity contribution in [3.63, 3.8) is 0 Å². The number of carbonyl (C=O) groups is 1. The van der Waals surface area contributed by atoms with Crippen LogP contribution in [0.2, 0.25) is 5.15 Å². The minimum atomic E-state index is -0.912. The van der Waals surface area contributed by atoms with Gasteiger partial charge in [-0.3, -0.25) is 9.20 Å². The Morgan fingerprint density at radius 1 is 1.00 bits per heavy atom. The number of carbonyl (C=O) groups excluding carboxylic acids is 1. The van der Waals surface area contributed by atoms with Crippen LogP contribution in [0, 0.1) is 6.92 Å². The average molecular weight is 459 g/mol. The topological polar surface area (TPSA) is 52.8 Å². The van der Waals surface area contributed by atoms with Crippen LogP contribution in [0.3, 0.4) is 0 Å². The molecule has 166 valence electrons. The molecule has 0 saturated carbocycles. The van der Waals surface area contributed by atoms with Gasteiger partial charge in [0.2, 0.25) is 5.78 Å². The summed E-state index contributed by atoms with van der Waals surface area (Å²) < 4.78 is 13.8. The van der Waals surface area contributed by atoms with Gasteiger partial charge in [-0.25, -0.2) is 4.98 Å². The Hall–Kier alpha value is -3.57. The fourth-order valence-electron chi connectivity index (χ4n) is 3.90. The van der Waals surface area contributed by atoms with Crippen molar-refractivity contribution in [2.75, 3.05) is 0 Å². The smallest absolute Gasteiger partial charge is 0.210 e. The number of nitrogens with zero attached hydrogens (tertiary/aromatic N) is 2. The number of pyridine rings is 1. The predicted molar refractivity (Wildman–Crippen MR) is 129 cm³/mol. The number of ether oxygens (including phenoxy) is 2. The van der Waals surface area contributed by atoms with Gasteiger partial charge in [-0.2, -0.15) is 0 Å². The first kappa shape index (κ1) is 21.3. The van der Waals surface area contributed by atoms with Crippen LogP contribution in [0.5, 0.6) is 5.75 Å². The molecule has 2 aromatic heterocycles. The molecule has 0 saturated heterocycles. The van der Waals surface area contributed by atoms with E-state index in [1.807, 2.05) is 84.3 Å². The number of ketones is 1. The molecule has 2 aromatic carbocycles. The van der Waals surface area contributed by atoms with Gasteiger partial charge in [0.15, 0.2) is 5.60 Å². The van der Waals surface area contributed by atoms with Crippen LogP contribution in [-0.4, -0.2) is 20.8 Å². The Bertz CT molecular complexity index is 1380. The van der Waals surface area contributed by atoms with Crippen LogP contribution in [0.15, 0.2) is 72.9 Å². The van der Waals surface area contributed by atoms with Gasteiger partial charge >= 0.3 is 0 Å². The molecule has 0 atom stereocenters. The van der Waals surface area contributed by atoms with Crippen molar-refractivity contribution < 1.29 is 14.3 Å². The molecule has 0 N–H and O–H groups in total. The van der Waals surface area contributed by atoms with Crippen LogP contribution in [0.1, 0.15) is 36.2 Å². The summed E-state index contributed by atoms with van der Waals surface area (Å²) in [5.74, 6) is 1.23. The Morgan fingerprint density at radius 3 is 2.39 bits per heavy atom. The highest BCUT2D eigenvalue weighted by Crippen LogP contribution is 2.41. The van der Waals surface area contributed by atoms with Gasteiger partial charge < -0.3 is 9.47 Å². The molecule has 1 aliphatic rings. The van der Waals surface area contributed by atoms with E-state index in [1.54, 1.807) is 13.8 Å². The monoisotopic (exact) mass is 458 g/mol. The summed E-state index contributed by atoms with van der Waals surface area (Å²) in [5.41, 5.74) is 3.93. The summed E-state index contributed by atoms with van der Waals surface area (Å²) in [6, 6.07) is 21.2. The Kier molecular flexibility index (Phi) is 5.22. The molecule has 5 nitrogen and oxygen atoms in total. The molecule has 6 heteroatoms. The predicted octanol–water partition coefficient (Wildman–Crippen LogP) is 6.12. The number of rotatable bonds is 5. The Balaban J connectivity index is 1.41. The van der Waals surface area contributed by atoms with Crippen LogP contribution >= 0.6 is 11.6 Å². The molecule has 0 amide bonds. The highest BCUT2D eigenvalue weighted by molar-refractivity contribution is 6.32. The largest absolute Gasteiger partial charge is 0.487 e. The first-order chi connectivity index (χ1) is 15.8. The van der Waals surface area contributed by atoms with E-state index in [0.29, 0.717) is 27.9 Å². The second-order valence-electron chi connectivity index (χ2n) is 8.60. The fraction of sp³-hybridized carbons (Fsp3) is 0.185. The summed E-state index contributed by atoms with van der Waals surface area (Å²) in [6.07, 6.45) is 1.87. The molecule has 0 radical (unpaired) electrons. The molecular weight excluding hydrogens is 436 g/mol. The van der Waals surface area contributed by atoms with Gasteiger partial charge in [-0.15, -0.1) is 0 Å². The van der Waals surface area contributed by atoms with Crippen LogP contribution in [0.4, 0.5) is 0 Å². The SMILES string of the molecule is Cc1ccc(C2=C(c3ccc(OCc4nc5ccccn5c4Cl)cc3)C(=O)C(C)(C)O2)cc1. The van der Waals surface area contributed by atoms with Crippen molar-refractivity contribution >= 4 is 34.4 Å². The lowest BCUT2D eigenvalue weighted by atomic mass is 9.92. The second-order valence-corrected chi connectivity index (χ2v) is 8.96. The zero-order chi connectivity index (χ0) is 23.2. The zero-order valence-corrected chi connectivity index (χ0v) is 19.4. The van der Waals surface area contributed by atoms with Gasteiger partial charge in [0.1, 0.15) is 34.6 Å². The van der Waals surface area contributed by atoms with Gasteiger partial charge in [0, 0.05) is 11.8 Å². The van der Waals surface area contributed by atoms with Crippen molar-refractivity contribution in [3.8, 4) is 5.75 Å². The van der Waals surface area contributed by atoms with Gasteiger partial charge in [-0.1, -0.05) is 59.6 Å². The molecule has 5 rings (SSSR count). The highest BCUT2D eigenvalue weighted by Gasteiger charge is 2.42. The number of hydrogen-bond donors (Lipinski definition) is 0. The number of aromatic nitrogens is 2. The van der Waals surface area contributed by atoms with Crippen LogP contribution in [0.25, 0.3) is 17.0 Å². The van der Waals surface area contributed by atoms with E-state index in [0.717, 1.165) is 22.3 Å². The number of fused-ring (bicyclic) bond motifs is 1. The lowest BCUT2D eigenvalue weighted by molar-refractivity contribution is -0.125. The Morgan fingerprint density at radius 2 is 1.70 bits per heavy atom. The lowest BCUT2D eigenvalue weighted by Crippen LogP contribution is -2.29. The van der Waals surface area contributed by atoms with Crippen LogP contribution in [-0.2, 0) is 16.1 Å². The highest BCUT2D eigenvalue weighted by atomic mass is 35.5. The minimum Gasteiger partial charge on any atom is -0.487 e. The summed E-state index contributed by atoms with van der Waals surface area (Å²) in [5, 5.41) is 0.533. The normalized spacial score (nSPS) is 15.2. The number of hydrogen-bond acceptors (Lipinski definition) is 4. The summed E-state index contributed by atoms with van der Waals surface area (Å²) in [7, 11) is 0. The maximum Gasteiger partial charge on any atom is 0.210 e. The molecule has 0 fully saturated rings. The van der Waals surface area contributed by atoms with E-state index in [-0.39, 0.29) is 12.4 Å². The molecule has 4 aromatic rings. The third-order valence-electron chi connectivity index (χ3n) is 5.73. The number of aryl methyl sites for hydroxylation is 1.